The number of halogens is 2. The molecule has 1 aromatic carbocycles. The molecule has 1 aromatic rings. The van der Waals surface area contributed by atoms with Gasteiger partial charge in [0, 0.05) is 30.2 Å². The molecule has 0 spiro atoms. The highest BCUT2D eigenvalue weighted by Gasteiger charge is 2.34. The van der Waals surface area contributed by atoms with E-state index < -0.39 is 20.7 Å². The van der Waals surface area contributed by atoms with E-state index in [-0.39, 0.29) is 24.4 Å². The zero-order chi connectivity index (χ0) is 18.3. The van der Waals surface area contributed by atoms with Gasteiger partial charge in [0.25, 0.3) is 0 Å². The average Bonchev–Trinajstić information content (AvgIpc) is 3.31. The van der Waals surface area contributed by atoms with Crippen molar-refractivity contribution in [3.05, 3.63) is 24.0 Å². The molecule has 0 radical (unpaired) electrons. The molecular formula is C18H25ClFN3O3S. The van der Waals surface area contributed by atoms with E-state index in [0.717, 1.165) is 31.7 Å². The maximum absolute atomic E-state index is 14.0. The van der Waals surface area contributed by atoms with Crippen LogP contribution in [-0.4, -0.2) is 32.5 Å². The quantitative estimate of drug-likeness (QED) is 0.663. The van der Waals surface area contributed by atoms with Gasteiger partial charge in [-0.1, -0.05) is 0 Å². The molecule has 2 aliphatic heterocycles. The van der Waals surface area contributed by atoms with E-state index in [1.807, 2.05) is 0 Å². The number of anilines is 1. The fraction of sp³-hybridized carbons (Fsp3) is 0.611. The normalized spacial score (nSPS) is 27.1. The van der Waals surface area contributed by atoms with Crippen molar-refractivity contribution in [1.29, 1.82) is 0 Å². The lowest BCUT2D eigenvalue weighted by Gasteiger charge is -2.28. The molecule has 2 unspecified atom stereocenters. The van der Waals surface area contributed by atoms with E-state index in [2.05, 4.69) is 15.4 Å². The SMILES string of the molecule is Cl.O=C(CC1CC2CCC(C1)N2)Nc1ccc(F)c(S(=O)(=O)NC2CC2)c1. The van der Waals surface area contributed by atoms with Crippen LogP contribution in [0.3, 0.4) is 0 Å². The summed E-state index contributed by atoms with van der Waals surface area (Å²) in [6.07, 6.45) is 6.31. The van der Waals surface area contributed by atoms with Crippen molar-refractivity contribution in [2.75, 3.05) is 5.32 Å². The van der Waals surface area contributed by atoms with Crippen LogP contribution in [0.4, 0.5) is 10.1 Å². The standard InChI is InChI=1S/C18H24FN3O3S.ClH/c19-16-6-5-15(10-17(16)26(24,25)22-12-1-2-12)21-18(23)9-11-7-13-3-4-14(8-11)20-13;/h5-6,10-14,20,22H,1-4,7-9H2,(H,21,23);1H. The topological polar surface area (TPSA) is 87.3 Å². The molecule has 1 amide bonds. The maximum atomic E-state index is 14.0. The second-order valence-corrected chi connectivity index (χ2v) is 9.45. The van der Waals surface area contributed by atoms with Gasteiger partial charge in [-0.15, -0.1) is 12.4 Å². The van der Waals surface area contributed by atoms with Crippen molar-refractivity contribution in [3.8, 4) is 0 Å². The highest BCUT2D eigenvalue weighted by atomic mass is 35.5. The summed E-state index contributed by atoms with van der Waals surface area (Å²) in [6, 6.07) is 4.61. The number of piperidine rings is 1. The number of amides is 1. The molecule has 27 heavy (non-hydrogen) atoms. The molecule has 2 saturated heterocycles. The van der Waals surface area contributed by atoms with Crippen LogP contribution in [-0.2, 0) is 14.8 Å². The lowest BCUT2D eigenvalue weighted by molar-refractivity contribution is -0.117. The molecule has 9 heteroatoms. The number of hydrogen-bond donors (Lipinski definition) is 3. The van der Waals surface area contributed by atoms with E-state index >= 15 is 0 Å². The summed E-state index contributed by atoms with van der Waals surface area (Å²) in [7, 11) is -3.90. The van der Waals surface area contributed by atoms with Gasteiger partial charge in [0.05, 0.1) is 0 Å². The fourth-order valence-electron chi connectivity index (χ4n) is 4.09. The van der Waals surface area contributed by atoms with Crippen molar-refractivity contribution in [2.24, 2.45) is 5.92 Å². The van der Waals surface area contributed by atoms with E-state index in [1.54, 1.807) is 0 Å². The van der Waals surface area contributed by atoms with Crippen LogP contribution in [0.15, 0.2) is 23.1 Å². The minimum atomic E-state index is -3.90. The van der Waals surface area contributed by atoms with Gasteiger partial charge in [-0.25, -0.2) is 17.5 Å². The molecule has 3 fully saturated rings. The Kier molecular flexibility index (Phi) is 6.10. The molecule has 3 N–H and O–H groups in total. The first kappa shape index (κ1) is 20.5. The predicted molar refractivity (Wildman–Crippen MR) is 103 cm³/mol. The van der Waals surface area contributed by atoms with Crippen LogP contribution >= 0.6 is 12.4 Å². The van der Waals surface area contributed by atoms with Crippen molar-refractivity contribution in [1.82, 2.24) is 10.0 Å². The lowest BCUT2D eigenvalue weighted by Crippen LogP contribution is -2.39. The Bertz CT molecular complexity index is 804. The number of carbonyl (C=O) groups is 1. The fourth-order valence-corrected chi connectivity index (χ4v) is 5.50. The van der Waals surface area contributed by atoms with Crippen LogP contribution in [0, 0.1) is 11.7 Å². The van der Waals surface area contributed by atoms with Crippen molar-refractivity contribution in [3.63, 3.8) is 0 Å². The van der Waals surface area contributed by atoms with Crippen molar-refractivity contribution >= 4 is 34.0 Å². The Morgan fingerprint density at radius 1 is 1.15 bits per heavy atom. The molecule has 1 saturated carbocycles. The van der Waals surface area contributed by atoms with Crippen LogP contribution < -0.4 is 15.4 Å². The van der Waals surface area contributed by atoms with Gasteiger partial charge >= 0.3 is 0 Å². The first-order valence-corrected chi connectivity index (χ1v) is 10.7. The number of rotatable bonds is 6. The van der Waals surface area contributed by atoms with E-state index in [4.69, 9.17) is 0 Å². The Balaban J connectivity index is 0.00000210. The number of fused-ring (bicyclic) bond motifs is 2. The minimum Gasteiger partial charge on any atom is -0.326 e. The molecule has 4 rings (SSSR count). The highest BCUT2D eigenvalue weighted by molar-refractivity contribution is 7.89. The maximum Gasteiger partial charge on any atom is 0.243 e. The number of carbonyl (C=O) groups excluding carboxylic acids is 1. The average molecular weight is 418 g/mol. The van der Waals surface area contributed by atoms with E-state index in [1.165, 1.54) is 25.0 Å². The molecule has 0 aromatic heterocycles. The van der Waals surface area contributed by atoms with E-state index in [0.29, 0.717) is 30.1 Å². The summed E-state index contributed by atoms with van der Waals surface area (Å²) in [5.74, 6) is -0.624. The monoisotopic (exact) mass is 417 g/mol. The summed E-state index contributed by atoms with van der Waals surface area (Å²) < 4.78 is 41.0. The molecule has 3 aliphatic rings. The number of hydrogen-bond acceptors (Lipinski definition) is 4. The summed E-state index contributed by atoms with van der Waals surface area (Å²) >= 11 is 0. The van der Waals surface area contributed by atoms with Crippen LogP contribution in [0.5, 0.6) is 0 Å². The third-order valence-corrected chi connectivity index (χ3v) is 6.98. The number of nitrogens with one attached hydrogen (secondary N) is 3. The Hall–Kier alpha value is -1.22. The number of benzene rings is 1. The zero-order valence-corrected chi connectivity index (χ0v) is 16.5. The lowest BCUT2D eigenvalue weighted by atomic mass is 9.89. The Morgan fingerprint density at radius 3 is 2.44 bits per heavy atom. The summed E-state index contributed by atoms with van der Waals surface area (Å²) in [5.41, 5.74) is 0.310. The first-order chi connectivity index (χ1) is 12.4. The van der Waals surface area contributed by atoms with Gasteiger partial charge in [0.2, 0.25) is 15.9 Å². The minimum absolute atomic E-state index is 0. The summed E-state index contributed by atoms with van der Waals surface area (Å²) in [4.78, 5) is 11.9. The second kappa shape index (κ2) is 8.03. The van der Waals surface area contributed by atoms with Gasteiger partial charge in [0.1, 0.15) is 10.7 Å². The summed E-state index contributed by atoms with van der Waals surface area (Å²) in [6.45, 7) is 0. The smallest absolute Gasteiger partial charge is 0.243 e. The van der Waals surface area contributed by atoms with Gasteiger partial charge in [-0.05, 0) is 62.6 Å². The van der Waals surface area contributed by atoms with Gasteiger partial charge in [-0.3, -0.25) is 4.79 Å². The van der Waals surface area contributed by atoms with Crippen LogP contribution in [0.25, 0.3) is 0 Å². The molecule has 2 heterocycles. The molecule has 2 atom stereocenters. The third kappa shape index (κ3) is 4.99. The van der Waals surface area contributed by atoms with Gasteiger partial charge in [-0.2, -0.15) is 0 Å². The predicted octanol–water partition coefficient (Wildman–Crippen LogP) is 2.55. The van der Waals surface area contributed by atoms with E-state index in [9.17, 15) is 17.6 Å². The van der Waals surface area contributed by atoms with Gasteiger partial charge in [0.15, 0.2) is 0 Å². The first-order valence-electron chi connectivity index (χ1n) is 9.27. The zero-order valence-electron chi connectivity index (χ0n) is 14.9. The Morgan fingerprint density at radius 2 is 1.81 bits per heavy atom. The summed E-state index contributed by atoms with van der Waals surface area (Å²) in [5, 5.41) is 6.28. The van der Waals surface area contributed by atoms with Gasteiger partial charge < -0.3 is 10.6 Å². The molecule has 150 valence electrons. The number of sulfonamides is 1. The van der Waals surface area contributed by atoms with Crippen molar-refractivity contribution < 1.29 is 17.6 Å². The molecule has 1 aliphatic carbocycles. The molecule has 2 bridgehead atoms. The van der Waals surface area contributed by atoms with Crippen LogP contribution in [0.1, 0.15) is 44.9 Å². The van der Waals surface area contributed by atoms with Crippen LogP contribution in [0.2, 0.25) is 0 Å². The third-order valence-electron chi connectivity index (χ3n) is 5.45. The largest absolute Gasteiger partial charge is 0.326 e. The second-order valence-electron chi connectivity index (χ2n) is 7.77. The van der Waals surface area contributed by atoms with Crippen molar-refractivity contribution in [2.45, 2.75) is 68.0 Å². The Labute approximate surface area is 165 Å². The molecular weight excluding hydrogens is 393 g/mol. The highest BCUT2D eigenvalue weighted by Crippen LogP contribution is 2.33. The molecule has 6 nitrogen and oxygen atoms in total.